The fourth-order valence-corrected chi connectivity index (χ4v) is 3.71. The SMILES string of the molecule is Cc1cnc(N[C@@]2(C)CCC[C@@H]2NC(=O)c2ccccc2-n2nccn2)cn1. The number of nitrogens with zero attached hydrogens (tertiary/aromatic N) is 5. The molecule has 2 atom stereocenters. The molecule has 1 saturated carbocycles. The topological polar surface area (TPSA) is 97.6 Å². The number of carbonyl (C=O) groups is 1. The normalized spacial score (nSPS) is 21.4. The lowest BCUT2D eigenvalue weighted by atomic mass is 9.95. The van der Waals surface area contributed by atoms with Gasteiger partial charge in [-0.15, -0.1) is 0 Å². The van der Waals surface area contributed by atoms with Crippen LogP contribution in [0.2, 0.25) is 0 Å². The highest BCUT2D eigenvalue weighted by atomic mass is 16.1. The number of hydrogen-bond acceptors (Lipinski definition) is 6. The molecule has 1 aromatic carbocycles. The van der Waals surface area contributed by atoms with Crippen molar-refractivity contribution in [3.05, 3.63) is 60.3 Å². The van der Waals surface area contributed by atoms with E-state index in [-0.39, 0.29) is 17.5 Å². The largest absolute Gasteiger partial charge is 0.362 e. The minimum Gasteiger partial charge on any atom is -0.362 e. The van der Waals surface area contributed by atoms with Crippen molar-refractivity contribution in [3.63, 3.8) is 0 Å². The van der Waals surface area contributed by atoms with E-state index in [4.69, 9.17) is 0 Å². The maximum atomic E-state index is 13.1. The summed E-state index contributed by atoms with van der Waals surface area (Å²) in [6.07, 6.45) is 9.52. The predicted molar refractivity (Wildman–Crippen MR) is 105 cm³/mol. The summed E-state index contributed by atoms with van der Waals surface area (Å²) in [5, 5.41) is 15.0. The average molecular weight is 377 g/mol. The fourth-order valence-electron chi connectivity index (χ4n) is 3.71. The number of hydrogen-bond donors (Lipinski definition) is 2. The molecule has 0 unspecified atom stereocenters. The van der Waals surface area contributed by atoms with Gasteiger partial charge in [0.1, 0.15) is 5.82 Å². The predicted octanol–water partition coefficient (Wildman–Crippen LogP) is 2.52. The van der Waals surface area contributed by atoms with Gasteiger partial charge in [-0.05, 0) is 45.2 Å². The van der Waals surface area contributed by atoms with Gasteiger partial charge < -0.3 is 10.6 Å². The van der Waals surface area contributed by atoms with Gasteiger partial charge >= 0.3 is 0 Å². The van der Waals surface area contributed by atoms with Crippen LogP contribution in [0.4, 0.5) is 5.82 Å². The highest BCUT2D eigenvalue weighted by molar-refractivity contribution is 5.98. The summed E-state index contributed by atoms with van der Waals surface area (Å²) in [4.78, 5) is 23.2. The second-order valence-corrected chi connectivity index (χ2v) is 7.34. The summed E-state index contributed by atoms with van der Waals surface area (Å²) in [5.41, 5.74) is 1.78. The van der Waals surface area contributed by atoms with E-state index < -0.39 is 0 Å². The van der Waals surface area contributed by atoms with Crippen LogP contribution in [0.25, 0.3) is 5.69 Å². The van der Waals surface area contributed by atoms with Crippen molar-refractivity contribution in [3.8, 4) is 5.69 Å². The molecule has 4 rings (SSSR count). The van der Waals surface area contributed by atoms with Gasteiger partial charge in [-0.25, -0.2) is 4.98 Å². The molecule has 8 nitrogen and oxygen atoms in total. The van der Waals surface area contributed by atoms with Crippen LogP contribution in [0.3, 0.4) is 0 Å². The average Bonchev–Trinajstić information content (AvgIpc) is 3.34. The molecule has 1 aliphatic carbocycles. The van der Waals surface area contributed by atoms with Crippen LogP contribution >= 0.6 is 0 Å². The van der Waals surface area contributed by atoms with Crippen molar-refractivity contribution >= 4 is 11.7 Å². The van der Waals surface area contributed by atoms with Gasteiger partial charge in [0.15, 0.2) is 0 Å². The van der Waals surface area contributed by atoms with Crippen LogP contribution in [0.5, 0.6) is 0 Å². The van der Waals surface area contributed by atoms with Crippen molar-refractivity contribution in [2.24, 2.45) is 0 Å². The highest BCUT2D eigenvalue weighted by Gasteiger charge is 2.40. The van der Waals surface area contributed by atoms with Crippen LogP contribution in [0, 0.1) is 6.92 Å². The second-order valence-electron chi connectivity index (χ2n) is 7.34. The van der Waals surface area contributed by atoms with Crippen LogP contribution < -0.4 is 10.6 Å². The minimum absolute atomic E-state index is 0.0262. The summed E-state index contributed by atoms with van der Waals surface area (Å²) in [6, 6.07) is 7.31. The van der Waals surface area contributed by atoms with Gasteiger partial charge in [-0.1, -0.05) is 12.1 Å². The summed E-state index contributed by atoms with van der Waals surface area (Å²) in [6.45, 7) is 4.02. The molecule has 2 aromatic heterocycles. The van der Waals surface area contributed by atoms with Crippen molar-refractivity contribution in [1.29, 1.82) is 0 Å². The lowest BCUT2D eigenvalue weighted by Gasteiger charge is -2.33. The zero-order chi connectivity index (χ0) is 19.6. The maximum Gasteiger partial charge on any atom is 0.253 e. The first-order valence-corrected chi connectivity index (χ1v) is 9.38. The molecular weight excluding hydrogens is 354 g/mol. The molecule has 0 saturated heterocycles. The smallest absolute Gasteiger partial charge is 0.253 e. The van der Waals surface area contributed by atoms with Crippen LogP contribution in [-0.4, -0.2) is 42.4 Å². The lowest BCUT2D eigenvalue weighted by Crippen LogP contribution is -2.52. The van der Waals surface area contributed by atoms with Gasteiger partial charge in [0, 0.05) is 0 Å². The molecule has 0 spiro atoms. The minimum atomic E-state index is -0.293. The molecule has 2 N–H and O–H groups in total. The fraction of sp³-hybridized carbons (Fsp3) is 0.350. The monoisotopic (exact) mass is 377 g/mol. The third-order valence-corrected chi connectivity index (χ3v) is 5.24. The number of carbonyl (C=O) groups excluding carboxylic acids is 1. The molecule has 1 fully saturated rings. The van der Waals surface area contributed by atoms with Crippen LogP contribution in [0.15, 0.2) is 49.1 Å². The van der Waals surface area contributed by atoms with Gasteiger partial charge in [-0.3, -0.25) is 9.78 Å². The molecule has 1 aliphatic rings. The number of aromatic nitrogens is 5. The maximum absolute atomic E-state index is 13.1. The Labute approximate surface area is 163 Å². The summed E-state index contributed by atoms with van der Waals surface area (Å²) in [5.74, 6) is 0.582. The summed E-state index contributed by atoms with van der Waals surface area (Å²) >= 11 is 0. The second kappa shape index (κ2) is 7.38. The molecular formula is C20H23N7O. The Balaban J connectivity index is 1.53. The Bertz CT molecular complexity index is 955. The number of anilines is 1. The van der Waals surface area contributed by atoms with Crippen LogP contribution in [-0.2, 0) is 0 Å². The first-order valence-electron chi connectivity index (χ1n) is 9.38. The third kappa shape index (κ3) is 3.58. The third-order valence-electron chi connectivity index (χ3n) is 5.24. The summed E-state index contributed by atoms with van der Waals surface area (Å²) < 4.78 is 0. The van der Waals surface area contributed by atoms with E-state index in [2.05, 4.69) is 37.7 Å². The molecule has 2 heterocycles. The number of benzene rings is 1. The molecule has 0 aliphatic heterocycles. The number of rotatable bonds is 5. The quantitative estimate of drug-likeness (QED) is 0.709. The molecule has 0 bridgehead atoms. The Morgan fingerprint density at radius 2 is 1.96 bits per heavy atom. The molecule has 1 amide bonds. The van der Waals surface area contributed by atoms with Crippen molar-refractivity contribution in [1.82, 2.24) is 30.3 Å². The Morgan fingerprint density at radius 1 is 1.18 bits per heavy atom. The van der Waals surface area contributed by atoms with E-state index in [1.54, 1.807) is 30.9 Å². The van der Waals surface area contributed by atoms with Gasteiger partial charge in [0.25, 0.3) is 5.91 Å². The molecule has 8 heteroatoms. The van der Waals surface area contributed by atoms with E-state index in [1.165, 1.54) is 4.80 Å². The Morgan fingerprint density at radius 3 is 2.71 bits per heavy atom. The number of nitrogens with one attached hydrogen (secondary N) is 2. The van der Waals surface area contributed by atoms with E-state index in [9.17, 15) is 4.79 Å². The number of aryl methyl sites for hydroxylation is 1. The standard InChI is InChI=1S/C20H23N7O/c1-14-12-22-18(13-21-14)26-20(2)9-5-8-17(20)25-19(28)15-6-3-4-7-16(15)27-23-10-11-24-27/h3-4,6-7,10-13,17H,5,8-9H2,1-2H3,(H,22,26)(H,25,28)/t17-,20-/m0/s1. The van der Waals surface area contributed by atoms with Crippen molar-refractivity contribution in [2.75, 3.05) is 5.32 Å². The van der Waals surface area contributed by atoms with Gasteiger partial charge in [0.05, 0.1) is 53.3 Å². The first kappa shape index (κ1) is 18.1. The molecule has 28 heavy (non-hydrogen) atoms. The zero-order valence-electron chi connectivity index (χ0n) is 16.0. The molecule has 0 radical (unpaired) electrons. The molecule has 144 valence electrons. The van der Waals surface area contributed by atoms with Crippen molar-refractivity contribution < 1.29 is 4.79 Å². The number of amides is 1. The van der Waals surface area contributed by atoms with Gasteiger partial charge in [0.2, 0.25) is 0 Å². The van der Waals surface area contributed by atoms with Gasteiger partial charge in [-0.2, -0.15) is 15.0 Å². The number of para-hydroxylation sites is 1. The zero-order valence-corrected chi connectivity index (χ0v) is 16.0. The first-order chi connectivity index (χ1) is 13.5. The Hall–Kier alpha value is -3.29. The van der Waals surface area contributed by atoms with E-state index in [0.717, 1.165) is 30.8 Å². The highest BCUT2D eigenvalue weighted by Crippen LogP contribution is 2.33. The van der Waals surface area contributed by atoms with E-state index >= 15 is 0 Å². The van der Waals surface area contributed by atoms with E-state index in [1.807, 2.05) is 25.1 Å². The van der Waals surface area contributed by atoms with E-state index in [0.29, 0.717) is 11.3 Å². The Kier molecular flexibility index (Phi) is 4.77. The summed E-state index contributed by atoms with van der Waals surface area (Å²) in [7, 11) is 0. The van der Waals surface area contributed by atoms with Crippen molar-refractivity contribution in [2.45, 2.75) is 44.7 Å². The lowest BCUT2D eigenvalue weighted by molar-refractivity contribution is 0.0926. The molecule has 3 aromatic rings. The van der Waals surface area contributed by atoms with Crippen LogP contribution in [0.1, 0.15) is 42.2 Å².